The average molecular weight is 254 g/mol. The van der Waals surface area contributed by atoms with Gasteiger partial charge in [0, 0.05) is 6.04 Å². The Labute approximate surface area is 107 Å². The third-order valence-electron chi connectivity index (χ3n) is 2.72. The molecule has 0 aliphatic carbocycles. The minimum Gasteiger partial charge on any atom is -0.297 e. The highest BCUT2D eigenvalue weighted by Crippen LogP contribution is 2.21. The molecular weight excluding hydrogens is 237 g/mol. The first kappa shape index (κ1) is 14.0. The number of hydrogen-bond donors (Lipinski definition) is 1. The minimum absolute atomic E-state index is 0.00906. The summed E-state index contributed by atoms with van der Waals surface area (Å²) in [4.78, 5) is 0. The van der Waals surface area contributed by atoms with Crippen LogP contribution in [0.15, 0.2) is 18.2 Å². The smallest absolute Gasteiger partial charge is 0.142 e. The zero-order valence-electron chi connectivity index (χ0n) is 10.3. The van der Waals surface area contributed by atoms with E-state index in [9.17, 15) is 4.39 Å². The molecule has 1 aromatic carbocycles. The van der Waals surface area contributed by atoms with Crippen LogP contribution in [0.25, 0.3) is 0 Å². The molecule has 1 nitrogen and oxygen atoms in total. The largest absolute Gasteiger partial charge is 0.297 e. The maximum absolute atomic E-state index is 13.3. The number of nitrogens with one attached hydrogen (secondary N) is 1. The summed E-state index contributed by atoms with van der Waals surface area (Å²) in [5.74, 6) is 2.63. The SMILES string of the molecule is C#CC(NC(C)c1ccc(Cl)c(F)c1)C(C)C. The summed E-state index contributed by atoms with van der Waals surface area (Å²) < 4.78 is 13.3. The van der Waals surface area contributed by atoms with Crippen LogP contribution in [-0.2, 0) is 0 Å². The van der Waals surface area contributed by atoms with Crippen molar-refractivity contribution in [3.05, 3.63) is 34.6 Å². The van der Waals surface area contributed by atoms with Gasteiger partial charge in [-0.25, -0.2) is 4.39 Å². The fourth-order valence-electron chi connectivity index (χ4n) is 1.58. The summed E-state index contributed by atoms with van der Waals surface area (Å²) in [5.41, 5.74) is 0.841. The number of rotatable bonds is 4. The first-order valence-corrected chi connectivity index (χ1v) is 6.00. The van der Waals surface area contributed by atoms with Crippen molar-refractivity contribution >= 4 is 11.6 Å². The van der Waals surface area contributed by atoms with Crippen molar-refractivity contribution in [2.75, 3.05) is 0 Å². The lowest BCUT2D eigenvalue weighted by Crippen LogP contribution is -2.34. The Morgan fingerprint density at radius 3 is 2.47 bits per heavy atom. The van der Waals surface area contributed by atoms with E-state index in [1.807, 2.05) is 20.8 Å². The van der Waals surface area contributed by atoms with Gasteiger partial charge >= 0.3 is 0 Å². The van der Waals surface area contributed by atoms with Gasteiger partial charge in [0.2, 0.25) is 0 Å². The molecule has 2 atom stereocenters. The van der Waals surface area contributed by atoms with E-state index in [1.165, 1.54) is 6.07 Å². The molecule has 0 aliphatic rings. The van der Waals surface area contributed by atoms with Crippen molar-refractivity contribution in [2.24, 2.45) is 5.92 Å². The number of terminal acetylenes is 1. The lowest BCUT2D eigenvalue weighted by atomic mass is 10.0. The van der Waals surface area contributed by atoms with Crippen LogP contribution in [0.4, 0.5) is 4.39 Å². The first-order chi connectivity index (χ1) is 7.95. The molecule has 0 fully saturated rings. The molecule has 92 valence electrons. The average Bonchev–Trinajstić information content (AvgIpc) is 2.28. The lowest BCUT2D eigenvalue weighted by molar-refractivity contribution is 0.430. The highest BCUT2D eigenvalue weighted by Gasteiger charge is 2.15. The Balaban J connectivity index is 2.79. The van der Waals surface area contributed by atoms with Crippen molar-refractivity contribution in [1.82, 2.24) is 5.32 Å². The predicted octanol–water partition coefficient (Wildman–Crippen LogP) is 3.79. The van der Waals surface area contributed by atoms with Crippen LogP contribution >= 0.6 is 11.6 Å². The molecule has 1 rings (SSSR count). The second kappa shape index (κ2) is 6.05. The summed E-state index contributed by atoms with van der Waals surface area (Å²) in [6.07, 6.45) is 5.45. The Morgan fingerprint density at radius 1 is 1.35 bits per heavy atom. The van der Waals surface area contributed by atoms with Crippen LogP contribution in [0.5, 0.6) is 0 Å². The molecule has 0 spiro atoms. The van der Waals surface area contributed by atoms with Crippen LogP contribution in [0.2, 0.25) is 5.02 Å². The topological polar surface area (TPSA) is 12.0 Å². The van der Waals surface area contributed by atoms with Crippen molar-refractivity contribution in [3.63, 3.8) is 0 Å². The van der Waals surface area contributed by atoms with Gasteiger partial charge in [-0.15, -0.1) is 6.42 Å². The normalized spacial score (nSPS) is 14.4. The molecule has 0 saturated carbocycles. The second-order valence-corrected chi connectivity index (χ2v) is 4.86. The van der Waals surface area contributed by atoms with Gasteiger partial charge in [-0.3, -0.25) is 5.32 Å². The molecule has 2 unspecified atom stereocenters. The van der Waals surface area contributed by atoms with Crippen molar-refractivity contribution < 1.29 is 4.39 Å². The zero-order valence-corrected chi connectivity index (χ0v) is 11.1. The molecule has 1 aromatic rings. The summed E-state index contributed by atoms with van der Waals surface area (Å²) in [7, 11) is 0. The summed E-state index contributed by atoms with van der Waals surface area (Å²) >= 11 is 5.64. The molecule has 0 radical (unpaired) electrons. The van der Waals surface area contributed by atoms with Crippen LogP contribution < -0.4 is 5.32 Å². The monoisotopic (exact) mass is 253 g/mol. The number of benzene rings is 1. The van der Waals surface area contributed by atoms with Crippen molar-refractivity contribution in [3.8, 4) is 12.3 Å². The fraction of sp³-hybridized carbons (Fsp3) is 0.429. The van der Waals surface area contributed by atoms with Crippen LogP contribution in [-0.4, -0.2) is 6.04 Å². The maximum atomic E-state index is 13.3. The summed E-state index contributed by atoms with van der Waals surface area (Å²) in [6.45, 7) is 6.05. The van der Waals surface area contributed by atoms with Crippen LogP contribution in [0.3, 0.4) is 0 Å². The van der Waals surface area contributed by atoms with Gasteiger partial charge in [-0.05, 0) is 30.5 Å². The molecule has 1 N–H and O–H groups in total. The van der Waals surface area contributed by atoms with E-state index >= 15 is 0 Å². The lowest BCUT2D eigenvalue weighted by Gasteiger charge is -2.22. The Bertz CT molecular complexity index is 423. The Morgan fingerprint density at radius 2 is 2.00 bits per heavy atom. The molecule has 17 heavy (non-hydrogen) atoms. The highest BCUT2D eigenvalue weighted by atomic mass is 35.5. The Hall–Kier alpha value is -1.04. The maximum Gasteiger partial charge on any atom is 0.142 e. The van der Waals surface area contributed by atoms with Gasteiger partial charge < -0.3 is 0 Å². The van der Waals surface area contributed by atoms with E-state index in [4.69, 9.17) is 18.0 Å². The number of hydrogen-bond acceptors (Lipinski definition) is 1. The molecule has 0 amide bonds. The highest BCUT2D eigenvalue weighted by molar-refractivity contribution is 6.30. The van der Waals surface area contributed by atoms with E-state index < -0.39 is 5.82 Å². The van der Waals surface area contributed by atoms with E-state index in [0.29, 0.717) is 5.92 Å². The standard InChI is InChI=1S/C14H17ClFN/c1-5-14(9(2)3)17-10(4)11-6-7-12(15)13(16)8-11/h1,6-10,14,17H,2-4H3. The molecular formula is C14H17ClFN. The van der Waals surface area contributed by atoms with Gasteiger partial charge in [0.1, 0.15) is 5.82 Å². The molecule has 0 saturated heterocycles. The van der Waals surface area contributed by atoms with Crippen LogP contribution in [0, 0.1) is 24.1 Å². The van der Waals surface area contributed by atoms with Crippen molar-refractivity contribution in [1.29, 1.82) is 0 Å². The fourth-order valence-corrected chi connectivity index (χ4v) is 1.70. The number of halogens is 2. The van der Waals surface area contributed by atoms with Gasteiger partial charge in [0.25, 0.3) is 0 Å². The first-order valence-electron chi connectivity index (χ1n) is 5.62. The molecule has 0 bridgehead atoms. The van der Waals surface area contributed by atoms with E-state index in [-0.39, 0.29) is 17.1 Å². The molecule has 0 aromatic heterocycles. The second-order valence-electron chi connectivity index (χ2n) is 4.45. The predicted molar refractivity (Wildman–Crippen MR) is 70.4 cm³/mol. The summed E-state index contributed by atoms with van der Waals surface area (Å²) in [5, 5.41) is 3.42. The molecule has 0 aliphatic heterocycles. The molecule has 3 heteroatoms. The van der Waals surface area contributed by atoms with E-state index in [2.05, 4.69) is 11.2 Å². The molecule has 0 heterocycles. The minimum atomic E-state index is -0.403. The van der Waals surface area contributed by atoms with Gasteiger partial charge in [-0.2, -0.15) is 0 Å². The van der Waals surface area contributed by atoms with E-state index in [1.54, 1.807) is 12.1 Å². The third kappa shape index (κ3) is 3.73. The van der Waals surface area contributed by atoms with Crippen molar-refractivity contribution in [2.45, 2.75) is 32.9 Å². The van der Waals surface area contributed by atoms with Gasteiger partial charge in [0.15, 0.2) is 0 Å². The third-order valence-corrected chi connectivity index (χ3v) is 3.03. The van der Waals surface area contributed by atoms with Crippen LogP contribution in [0.1, 0.15) is 32.4 Å². The quantitative estimate of drug-likeness (QED) is 0.805. The van der Waals surface area contributed by atoms with E-state index in [0.717, 1.165) is 5.56 Å². The van der Waals surface area contributed by atoms with Gasteiger partial charge in [-0.1, -0.05) is 37.4 Å². The van der Waals surface area contributed by atoms with Gasteiger partial charge in [0.05, 0.1) is 11.1 Å². The summed E-state index contributed by atoms with van der Waals surface area (Å²) in [6, 6.07) is 4.77. The Kier molecular flexibility index (Phi) is 4.99. The zero-order chi connectivity index (χ0) is 13.0.